The fraction of sp³-hybridized carbons (Fsp3) is 0.207. The highest BCUT2D eigenvalue weighted by molar-refractivity contribution is 5.99. The predicted molar refractivity (Wildman–Crippen MR) is 151 cm³/mol. The normalized spacial score (nSPS) is 14.9. The number of halogens is 1. The van der Waals surface area contributed by atoms with E-state index in [-0.39, 0.29) is 11.4 Å². The molecule has 1 aliphatic heterocycles. The number of hydrogen-bond acceptors (Lipinski definition) is 8. The van der Waals surface area contributed by atoms with Gasteiger partial charge in [0.25, 0.3) is 0 Å². The number of phenols is 1. The fourth-order valence-electron chi connectivity index (χ4n) is 4.36. The third kappa shape index (κ3) is 6.24. The average molecular weight is 529 g/mol. The van der Waals surface area contributed by atoms with Crippen molar-refractivity contribution in [1.29, 1.82) is 0 Å². The van der Waals surface area contributed by atoms with Crippen LogP contribution in [0.1, 0.15) is 12.8 Å². The summed E-state index contributed by atoms with van der Waals surface area (Å²) in [5, 5.41) is 19.5. The Kier molecular flexibility index (Phi) is 7.83. The van der Waals surface area contributed by atoms with E-state index in [1.165, 1.54) is 12.1 Å². The minimum atomic E-state index is -0.575. The molecular weight excluding hydrogens is 499 g/mol. The van der Waals surface area contributed by atoms with Crippen LogP contribution in [0.2, 0.25) is 0 Å². The van der Waals surface area contributed by atoms with Crippen molar-refractivity contribution in [3.05, 3.63) is 85.0 Å². The van der Waals surface area contributed by atoms with E-state index in [9.17, 15) is 14.3 Å². The largest absolute Gasteiger partial charge is 0.506 e. The van der Waals surface area contributed by atoms with Crippen LogP contribution >= 0.6 is 0 Å². The Balaban J connectivity index is 1.49. The van der Waals surface area contributed by atoms with Gasteiger partial charge in [0, 0.05) is 30.0 Å². The average Bonchev–Trinajstić information content (AvgIpc) is 2.97. The lowest BCUT2D eigenvalue weighted by atomic mass is 10.1. The van der Waals surface area contributed by atoms with E-state index in [4.69, 9.17) is 9.72 Å². The summed E-state index contributed by atoms with van der Waals surface area (Å²) in [7, 11) is 0. The fourth-order valence-corrected chi connectivity index (χ4v) is 4.36. The van der Waals surface area contributed by atoms with Crippen LogP contribution in [-0.4, -0.2) is 47.3 Å². The summed E-state index contributed by atoms with van der Waals surface area (Å²) in [5.74, 6) is -0.606. The Morgan fingerprint density at radius 1 is 1.10 bits per heavy atom. The standard InChI is InChI=1S/C29H29FN6O3/c1-2-27(38)34-23-16-19(8-10-22(23)30)28-24(32-20-6-4-3-5-7-20)18-31-29(35-28)33-21-9-11-26(37)25(17-21)36-12-14-39-15-13-36/h2,4,6-11,16-18,32,37H,1,3,5,12-15H2,(H,34,38)(H,31,33,35). The van der Waals surface area contributed by atoms with Gasteiger partial charge in [-0.25, -0.2) is 14.4 Å². The molecule has 0 saturated carbocycles. The third-order valence-electron chi connectivity index (χ3n) is 6.33. The first-order valence-corrected chi connectivity index (χ1v) is 12.7. The van der Waals surface area contributed by atoms with E-state index in [0.29, 0.717) is 60.6 Å². The zero-order valence-corrected chi connectivity index (χ0v) is 21.3. The molecule has 0 spiro atoms. The molecule has 1 fully saturated rings. The number of aromatic nitrogens is 2. The number of hydrogen-bond donors (Lipinski definition) is 4. The number of allylic oxidation sites excluding steroid dienone is 3. The van der Waals surface area contributed by atoms with Gasteiger partial charge >= 0.3 is 0 Å². The summed E-state index contributed by atoms with van der Waals surface area (Å²) in [6.45, 7) is 5.97. The molecule has 39 heavy (non-hydrogen) atoms. The maximum atomic E-state index is 14.5. The summed E-state index contributed by atoms with van der Waals surface area (Å²) in [6.07, 6.45) is 10.8. The number of anilines is 5. The molecule has 2 aliphatic rings. The number of nitrogens with zero attached hydrogens (tertiary/aromatic N) is 3. The zero-order valence-electron chi connectivity index (χ0n) is 21.3. The van der Waals surface area contributed by atoms with Crippen LogP contribution in [0.3, 0.4) is 0 Å². The second-order valence-corrected chi connectivity index (χ2v) is 9.04. The number of nitrogens with one attached hydrogen (secondary N) is 3. The highest BCUT2D eigenvalue weighted by Crippen LogP contribution is 2.34. The molecule has 0 unspecified atom stereocenters. The van der Waals surface area contributed by atoms with Gasteiger partial charge in [0.1, 0.15) is 11.6 Å². The van der Waals surface area contributed by atoms with Gasteiger partial charge in [0.2, 0.25) is 11.9 Å². The van der Waals surface area contributed by atoms with Crippen LogP contribution in [0.4, 0.5) is 33.1 Å². The number of ether oxygens (including phenoxy) is 1. The molecule has 10 heteroatoms. The monoisotopic (exact) mass is 528 g/mol. The van der Waals surface area contributed by atoms with Crippen LogP contribution in [0.15, 0.2) is 79.2 Å². The van der Waals surface area contributed by atoms with E-state index in [1.54, 1.807) is 24.4 Å². The molecule has 1 aliphatic carbocycles. The molecule has 2 aromatic carbocycles. The van der Waals surface area contributed by atoms with Crippen molar-refractivity contribution in [2.24, 2.45) is 0 Å². The molecule has 9 nitrogen and oxygen atoms in total. The highest BCUT2D eigenvalue weighted by atomic mass is 19.1. The van der Waals surface area contributed by atoms with E-state index < -0.39 is 11.7 Å². The first kappa shape index (κ1) is 25.9. The van der Waals surface area contributed by atoms with E-state index in [0.717, 1.165) is 24.6 Å². The Morgan fingerprint density at radius 2 is 1.95 bits per heavy atom. The summed E-state index contributed by atoms with van der Waals surface area (Å²) in [6, 6.07) is 9.61. The summed E-state index contributed by atoms with van der Waals surface area (Å²) >= 11 is 0. The van der Waals surface area contributed by atoms with E-state index >= 15 is 0 Å². The second-order valence-electron chi connectivity index (χ2n) is 9.04. The van der Waals surface area contributed by atoms with Crippen LogP contribution in [0.5, 0.6) is 5.75 Å². The number of phenolic OH excluding ortho intramolecular Hbond substituents is 1. The van der Waals surface area contributed by atoms with Gasteiger partial charge in [-0.3, -0.25) is 4.79 Å². The van der Waals surface area contributed by atoms with Crippen molar-refractivity contribution in [2.75, 3.05) is 47.2 Å². The summed E-state index contributed by atoms with van der Waals surface area (Å²) < 4.78 is 19.9. The Bertz CT molecular complexity index is 1450. The Hall–Kier alpha value is -4.70. The maximum absolute atomic E-state index is 14.5. The number of aromatic hydroxyl groups is 1. The molecule has 0 atom stereocenters. The van der Waals surface area contributed by atoms with Crippen molar-refractivity contribution >= 4 is 34.6 Å². The highest BCUT2D eigenvalue weighted by Gasteiger charge is 2.17. The predicted octanol–water partition coefficient (Wildman–Crippen LogP) is 5.34. The second kappa shape index (κ2) is 11.8. The molecule has 3 aromatic rings. The first-order chi connectivity index (χ1) is 19.0. The number of carbonyl (C=O) groups is 1. The zero-order chi connectivity index (χ0) is 27.2. The maximum Gasteiger partial charge on any atom is 0.247 e. The molecule has 5 rings (SSSR count). The van der Waals surface area contributed by atoms with E-state index in [1.807, 2.05) is 12.1 Å². The molecule has 1 aromatic heterocycles. The van der Waals surface area contributed by atoms with E-state index in [2.05, 4.69) is 44.6 Å². The lowest BCUT2D eigenvalue weighted by molar-refractivity contribution is -0.111. The number of morpholine rings is 1. The van der Waals surface area contributed by atoms with Gasteiger partial charge in [-0.15, -0.1) is 0 Å². The Labute approximate surface area is 225 Å². The van der Waals surface area contributed by atoms with Crippen LogP contribution in [0, 0.1) is 5.82 Å². The number of amides is 1. The van der Waals surface area contributed by atoms with Crippen molar-refractivity contribution in [1.82, 2.24) is 9.97 Å². The van der Waals surface area contributed by atoms with Crippen molar-refractivity contribution in [3.8, 4) is 17.0 Å². The summed E-state index contributed by atoms with van der Waals surface area (Å²) in [5.41, 5.74) is 4.00. The van der Waals surface area contributed by atoms with Gasteiger partial charge in [-0.05, 0) is 61.4 Å². The van der Waals surface area contributed by atoms with Gasteiger partial charge < -0.3 is 30.7 Å². The first-order valence-electron chi connectivity index (χ1n) is 12.7. The molecule has 1 amide bonds. The Morgan fingerprint density at radius 3 is 2.72 bits per heavy atom. The van der Waals surface area contributed by atoms with Crippen molar-refractivity contribution < 1.29 is 19.0 Å². The minimum absolute atomic E-state index is 0.0157. The quantitative estimate of drug-likeness (QED) is 0.229. The molecule has 4 N–H and O–H groups in total. The van der Waals surface area contributed by atoms with Crippen LogP contribution in [-0.2, 0) is 9.53 Å². The third-order valence-corrected chi connectivity index (χ3v) is 6.33. The van der Waals surface area contributed by atoms with Gasteiger partial charge in [0.05, 0.1) is 42.2 Å². The minimum Gasteiger partial charge on any atom is -0.506 e. The molecule has 1 saturated heterocycles. The lowest BCUT2D eigenvalue weighted by Crippen LogP contribution is -2.36. The summed E-state index contributed by atoms with van der Waals surface area (Å²) in [4.78, 5) is 23.2. The lowest BCUT2D eigenvalue weighted by Gasteiger charge is -2.29. The molecular formula is C29H29FN6O3. The molecule has 0 bridgehead atoms. The van der Waals surface area contributed by atoms with Crippen LogP contribution < -0.4 is 20.9 Å². The SMILES string of the molecule is C=CC(=O)Nc1cc(-c2nc(Nc3ccc(O)c(N4CCOCC4)c3)ncc2NC2=CCCC=C2)ccc1F. The van der Waals surface area contributed by atoms with Gasteiger partial charge in [-0.1, -0.05) is 18.7 Å². The smallest absolute Gasteiger partial charge is 0.247 e. The van der Waals surface area contributed by atoms with Crippen molar-refractivity contribution in [3.63, 3.8) is 0 Å². The van der Waals surface area contributed by atoms with Gasteiger partial charge in [0.15, 0.2) is 0 Å². The van der Waals surface area contributed by atoms with Gasteiger partial charge in [-0.2, -0.15) is 0 Å². The number of rotatable bonds is 8. The number of carbonyl (C=O) groups excluding carboxylic acids is 1. The van der Waals surface area contributed by atoms with Crippen LogP contribution in [0.25, 0.3) is 11.3 Å². The topological polar surface area (TPSA) is 112 Å². The molecule has 2 heterocycles. The molecule has 200 valence electrons. The number of benzene rings is 2. The molecule has 0 radical (unpaired) electrons. The van der Waals surface area contributed by atoms with Crippen molar-refractivity contribution in [2.45, 2.75) is 12.8 Å².